The number of rotatable bonds is 4. The summed E-state index contributed by atoms with van der Waals surface area (Å²) >= 11 is 1.92. The van der Waals surface area contributed by atoms with Crippen molar-refractivity contribution in [1.82, 2.24) is 0 Å². The third-order valence-corrected chi connectivity index (χ3v) is 4.62. The van der Waals surface area contributed by atoms with Crippen molar-refractivity contribution in [3.05, 3.63) is 65.7 Å². The van der Waals surface area contributed by atoms with Gasteiger partial charge in [-0.1, -0.05) is 56.3 Å². The average molecular weight is 270 g/mol. The summed E-state index contributed by atoms with van der Waals surface area (Å²) in [6.45, 7) is 9.08. The fourth-order valence-electron chi connectivity index (χ4n) is 2.11. The molecule has 1 heteroatoms. The van der Waals surface area contributed by atoms with Crippen LogP contribution in [0.15, 0.2) is 59.5 Å². The molecular formula is C18H22S. The van der Waals surface area contributed by atoms with Crippen LogP contribution in [-0.2, 0) is 4.75 Å². The van der Waals surface area contributed by atoms with E-state index >= 15 is 0 Å². The van der Waals surface area contributed by atoms with Crippen LogP contribution in [0.3, 0.4) is 0 Å². The van der Waals surface area contributed by atoms with Gasteiger partial charge in [0, 0.05) is 9.64 Å². The molecule has 0 atom stereocenters. The van der Waals surface area contributed by atoms with Gasteiger partial charge in [0.25, 0.3) is 0 Å². The second-order valence-electron chi connectivity index (χ2n) is 5.71. The van der Waals surface area contributed by atoms with E-state index in [1.54, 1.807) is 0 Å². The van der Waals surface area contributed by atoms with E-state index in [9.17, 15) is 0 Å². The Labute approximate surface area is 121 Å². The van der Waals surface area contributed by atoms with Gasteiger partial charge in [0.05, 0.1) is 0 Å². The second-order valence-corrected chi connectivity index (χ2v) is 7.40. The Hall–Kier alpha value is -1.21. The highest BCUT2D eigenvalue weighted by Gasteiger charge is 2.22. The van der Waals surface area contributed by atoms with Crippen LogP contribution in [0.25, 0.3) is 0 Å². The quantitative estimate of drug-likeness (QED) is 0.629. The first-order valence-corrected chi connectivity index (χ1v) is 7.65. The van der Waals surface area contributed by atoms with Crippen LogP contribution >= 0.6 is 11.8 Å². The fourth-order valence-corrected chi connectivity index (χ4v) is 3.24. The third-order valence-electron chi connectivity index (χ3n) is 3.36. The van der Waals surface area contributed by atoms with Crippen LogP contribution in [0.5, 0.6) is 0 Å². The Kier molecular flexibility index (Phi) is 4.36. The lowest BCUT2D eigenvalue weighted by molar-refractivity contribution is 0.772. The Balaban J connectivity index is 2.26. The van der Waals surface area contributed by atoms with Gasteiger partial charge < -0.3 is 0 Å². The molecule has 0 nitrogen and oxygen atoms in total. The molecule has 0 aliphatic rings. The van der Waals surface area contributed by atoms with Gasteiger partial charge in [-0.2, -0.15) is 0 Å². The maximum atomic E-state index is 2.35. The van der Waals surface area contributed by atoms with E-state index in [-0.39, 0.29) is 4.75 Å². The van der Waals surface area contributed by atoms with Gasteiger partial charge >= 0.3 is 0 Å². The zero-order valence-corrected chi connectivity index (χ0v) is 13.0. The third kappa shape index (κ3) is 3.63. The van der Waals surface area contributed by atoms with Crippen molar-refractivity contribution in [1.29, 1.82) is 0 Å². The lowest BCUT2D eigenvalue weighted by Crippen LogP contribution is -2.12. The van der Waals surface area contributed by atoms with Crippen LogP contribution in [0.1, 0.15) is 44.7 Å². The predicted octanol–water partition coefficient (Wildman–Crippen LogP) is 5.84. The molecule has 0 aromatic heterocycles. The minimum atomic E-state index is 0.0895. The summed E-state index contributed by atoms with van der Waals surface area (Å²) in [5, 5.41) is 0. The molecule has 0 saturated heterocycles. The molecule has 0 spiro atoms. The molecule has 0 amide bonds. The monoisotopic (exact) mass is 270 g/mol. The highest BCUT2D eigenvalue weighted by molar-refractivity contribution is 8.00. The van der Waals surface area contributed by atoms with Crippen molar-refractivity contribution in [3.8, 4) is 0 Å². The maximum Gasteiger partial charge on any atom is 0.0399 e. The zero-order chi connectivity index (χ0) is 13.9. The standard InChI is InChI=1S/C18H22S/c1-14(2)15-9-8-10-16(13-15)18(3,4)19-17-11-6-5-7-12-17/h5-14H,1-4H3. The molecule has 0 saturated carbocycles. The van der Waals surface area contributed by atoms with Crippen LogP contribution in [-0.4, -0.2) is 0 Å². The molecular weight excluding hydrogens is 248 g/mol. The van der Waals surface area contributed by atoms with E-state index in [2.05, 4.69) is 82.3 Å². The van der Waals surface area contributed by atoms with Crippen molar-refractivity contribution in [3.63, 3.8) is 0 Å². The normalized spacial score (nSPS) is 11.8. The summed E-state index contributed by atoms with van der Waals surface area (Å²) < 4.78 is 0.0895. The number of hydrogen-bond donors (Lipinski definition) is 0. The van der Waals surface area contributed by atoms with Crippen LogP contribution in [0.2, 0.25) is 0 Å². The first kappa shape index (κ1) is 14.2. The topological polar surface area (TPSA) is 0 Å². The minimum Gasteiger partial charge on any atom is -0.115 e. The molecule has 0 bridgehead atoms. The van der Waals surface area contributed by atoms with E-state index < -0.39 is 0 Å². The van der Waals surface area contributed by atoms with E-state index in [0.717, 1.165) is 0 Å². The Morgan fingerprint density at radius 3 is 2.21 bits per heavy atom. The van der Waals surface area contributed by atoms with Gasteiger partial charge in [-0.25, -0.2) is 0 Å². The first-order valence-electron chi connectivity index (χ1n) is 6.83. The molecule has 0 unspecified atom stereocenters. The molecule has 0 radical (unpaired) electrons. The lowest BCUT2D eigenvalue weighted by atomic mass is 9.95. The SMILES string of the molecule is CC(C)c1cccc(C(C)(C)Sc2ccccc2)c1. The van der Waals surface area contributed by atoms with Gasteiger partial charge in [0.1, 0.15) is 0 Å². The van der Waals surface area contributed by atoms with E-state index in [1.807, 2.05) is 11.8 Å². The highest BCUT2D eigenvalue weighted by Crippen LogP contribution is 2.41. The maximum absolute atomic E-state index is 2.35. The molecule has 0 fully saturated rings. The summed E-state index contributed by atoms with van der Waals surface area (Å²) in [5.74, 6) is 0.581. The van der Waals surface area contributed by atoms with Crippen LogP contribution in [0.4, 0.5) is 0 Å². The highest BCUT2D eigenvalue weighted by atomic mass is 32.2. The number of hydrogen-bond acceptors (Lipinski definition) is 1. The van der Waals surface area contributed by atoms with Gasteiger partial charge in [0.2, 0.25) is 0 Å². The smallest absolute Gasteiger partial charge is 0.0399 e. The van der Waals surface area contributed by atoms with Crippen molar-refractivity contribution in [2.45, 2.75) is 43.3 Å². The van der Waals surface area contributed by atoms with Crippen LogP contribution < -0.4 is 0 Å². The van der Waals surface area contributed by atoms with Crippen molar-refractivity contribution < 1.29 is 0 Å². The summed E-state index contributed by atoms with van der Waals surface area (Å²) in [4.78, 5) is 1.32. The second kappa shape index (κ2) is 5.83. The summed E-state index contributed by atoms with van der Waals surface area (Å²) in [6, 6.07) is 19.6. The largest absolute Gasteiger partial charge is 0.115 e. The van der Waals surface area contributed by atoms with E-state index in [1.165, 1.54) is 16.0 Å². The molecule has 0 aliphatic heterocycles. The molecule has 19 heavy (non-hydrogen) atoms. The zero-order valence-electron chi connectivity index (χ0n) is 12.2. The minimum absolute atomic E-state index is 0.0895. The average Bonchev–Trinajstić information content (AvgIpc) is 2.39. The summed E-state index contributed by atoms with van der Waals surface area (Å²) in [5.41, 5.74) is 2.81. The molecule has 2 rings (SSSR count). The molecule has 0 aliphatic carbocycles. The van der Waals surface area contributed by atoms with Gasteiger partial charge in [-0.3, -0.25) is 0 Å². The van der Waals surface area contributed by atoms with Gasteiger partial charge in [-0.15, -0.1) is 11.8 Å². The van der Waals surface area contributed by atoms with Crippen molar-refractivity contribution in [2.24, 2.45) is 0 Å². The van der Waals surface area contributed by atoms with Gasteiger partial charge in [0.15, 0.2) is 0 Å². The molecule has 2 aromatic rings. The molecule has 100 valence electrons. The van der Waals surface area contributed by atoms with E-state index in [4.69, 9.17) is 0 Å². The lowest BCUT2D eigenvalue weighted by Gasteiger charge is -2.25. The summed E-state index contributed by atoms with van der Waals surface area (Å²) in [6.07, 6.45) is 0. The summed E-state index contributed by atoms with van der Waals surface area (Å²) in [7, 11) is 0. The molecule has 0 heterocycles. The Bertz CT molecular complexity index is 526. The predicted molar refractivity (Wildman–Crippen MR) is 85.9 cm³/mol. The Morgan fingerprint density at radius 1 is 0.895 bits per heavy atom. The molecule has 0 N–H and O–H groups in total. The fraction of sp³-hybridized carbons (Fsp3) is 0.333. The Morgan fingerprint density at radius 2 is 1.58 bits per heavy atom. The van der Waals surface area contributed by atoms with Crippen LogP contribution in [0, 0.1) is 0 Å². The number of thioether (sulfide) groups is 1. The first-order chi connectivity index (χ1) is 8.99. The van der Waals surface area contributed by atoms with Crippen molar-refractivity contribution in [2.75, 3.05) is 0 Å². The van der Waals surface area contributed by atoms with E-state index in [0.29, 0.717) is 5.92 Å². The molecule has 2 aromatic carbocycles. The number of benzene rings is 2. The van der Waals surface area contributed by atoms with Gasteiger partial charge in [-0.05, 0) is 43.0 Å². The van der Waals surface area contributed by atoms with Crippen molar-refractivity contribution >= 4 is 11.8 Å².